The molecule has 0 spiro atoms. The number of thiophene rings is 2. The third-order valence-corrected chi connectivity index (χ3v) is 6.88. The molecule has 0 fully saturated rings. The van der Waals surface area contributed by atoms with Crippen molar-refractivity contribution in [3.8, 4) is 16.5 Å². The number of anilines is 1. The highest BCUT2D eigenvalue weighted by Crippen LogP contribution is 2.38. The van der Waals surface area contributed by atoms with Gasteiger partial charge in [-0.3, -0.25) is 4.79 Å². The largest absolute Gasteiger partial charge is 0.451 e. The van der Waals surface area contributed by atoms with Crippen LogP contribution < -0.4 is 5.32 Å². The van der Waals surface area contributed by atoms with E-state index in [-0.39, 0.29) is 5.82 Å². The molecule has 5 nitrogen and oxygen atoms in total. The lowest BCUT2D eigenvalue weighted by atomic mass is 10.1. The Labute approximate surface area is 174 Å². The first-order valence-electron chi connectivity index (χ1n) is 8.92. The van der Waals surface area contributed by atoms with Crippen molar-refractivity contribution in [1.29, 1.82) is 5.26 Å². The van der Waals surface area contributed by atoms with Gasteiger partial charge in [-0.15, -0.1) is 22.7 Å². The van der Waals surface area contributed by atoms with Gasteiger partial charge in [-0.25, -0.2) is 9.18 Å². The average Bonchev–Trinajstić information content (AvgIpc) is 3.42. The van der Waals surface area contributed by atoms with E-state index in [1.165, 1.54) is 34.8 Å². The van der Waals surface area contributed by atoms with Crippen molar-refractivity contribution in [2.75, 3.05) is 11.9 Å². The molecule has 1 aliphatic carbocycles. The summed E-state index contributed by atoms with van der Waals surface area (Å²) < 4.78 is 18.1. The Balaban J connectivity index is 1.36. The second-order valence-corrected chi connectivity index (χ2v) is 8.66. The lowest BCUT2D eigenvalue weighted by Crippen LogP contribution is -2.20. The number of hydrogen-bond donors (Lipinski definition) is 1. The van der Waals surface area contributed by atoms with Crippen LogP contribution in [-0.4, -0.2) is 18.5 Å². The van der Waals surface area contributed by atoms with E-state index in [2.05, 4.69) is 11.4 Å². The number of esters is 1. The maximum absolute atomic E-state index is 13.0. The second-order valence-electron chi connectivity index (χ2n) is 6.47. The number of hydrogen-bond acceptors (Lipinski definition) is 6. The molecular weight excluding hydrogens is 411 g/mol. The maximum atomic E-state index is 13.0. The molecule has 1 aliphatic rings. The molecule has 1 amide bonds. The summed E-state index contributed by atoms with van der Waals surface area (Å²) in [7, 11) is 0. The van der Waals surface area contributed by atoms with Gasteiger partial charge in [0.1, 0.15) is 21.8 Å². The molecule has 3 aromatic rings. The Kier molecular flexibility index (Phi) is 5.43. The monoisotopic (exact) mass is 426 g/mol. The molecule has 0 atom stereocenters. The van der Waals surface area contributed by atoms with Crippen molar-refractivity contribution < 1.29 is 18.7 Å². The predicted molar refractivity (Wildman–Crippen MR) is 110 cm³/mol. The summed E-state index contributed by atoms with van der Waals surface area (Å²) in [6.07, 6.45) is 2.81. The molecule has 0 bridgehead atoms. The minimum absolute atomic E-state index is 0.327. The SMILES string of the molecule is N#Cc1c(NC(=O)COC(=O)c2ccc(-c3ccc(F)cc3)s2)sc2c1CCC2. The van der Waals surface area contributed by atoms with Crippen molar-refractivity contribution in [3.63, 3.8) is 0 Å². The molecule has 0 unspecified atom stereocenters. The van der Waals surface area contributed by atoms with Crippen LogP contribution in [-0.2, 0) is 22.4 Å². The predicted octanol–water partition coefficient (Wildman–Crippen LogP) is 4.77. The van der Waals surface area contributed by atoms with Gasteiger partial charge in [-0.2, -0.15) is 5.26 Å². The van der Waals surface area contributed by atoms with Gasteiger partial charge in [-0.1, -0.05) is 12.1 Å². The fraction of sp³-hybridized carbons (Fsp3) is 0.190. The molecule has 4 rings (SSSR count). The molecule has 146 valence electrons. The van der Waals surface area contributed by atoms with Gasteiger partial charge in [0.2, 0.25) is 0 Å². The van der Waals surface area contributed by atoms with Crippen LogP contribution in [0.5, 0.6) is 0 Å². The molecule has 2 heterocycles. The normalized spacial score (nSPS) is 12.3. The Morgan fingerprint density at radius 3 is 2.69 bits per heavy atom. The molecular formula is C21H15FN2O3S2. The maximum Gasteiger partial charge on any atom is 0.348 e. The quantitative estimate of drug-likeness (QED) is 0.596. The van der Waals surface area contributed by atoms with Crippen LogP contribution in [0, 0.1) is 17.1 Å². The first-order chi connectivity index (χ1) is 14.0. The lowest BCUT2D eigenvalue weighted by Gasteiger charge is -2.05. The van der Waals surface area contributed by atoms with Gasteiger partial charge in [0.15, 0.2) is 6.61 Å². The van der Waals surface area contributed by atoms with Crippen LogP contribution in [0.25, 0.3) is 10.4 Å². The van der Waals surface area contributed by atoms with E-state index in [0.29, 0.717) is 15.4 Å². The molecule has 0 aliphatic heterocycles. The van der Waals surface area contributed by atoms with Gasteiger partial charge < -0.3 is 10.1 Å². The summed E-state index contributed by atoms with van der Waals surface area (Å²) >= 11 is 2.62. The van der Waals surface area contributed by atoms with Gasteiger partial charge >= 0.3 is 5.97 Å². The Morgan fingerprint density at radius 2 is 1.93 bits per heavy atom. The molecule has 0 saturated carbocycles. The first-order valence-corrected chi connectivity index (χ1v) is 10.6. The van der Waals surface area contributed by atoms with E-state index in [4.69, 9.17) is 4.74 Å². The highest BCUT2D eigenvalue weighted by Gasteiger charge is 2.23. The van der Waals surface area contributed by atoms with E-state index in [1.54, 1.807) is 24.3 Å². The van der Waals surface area contributed by atoms with E-state index in [0.717, 1.165) is 40.1 Å². The number of fused-ring (bicyclic) bond motifs is 1. The van der Waals surface area contributed by atoms with E-state index >= 15 is 0 Å². The summed E-state index contributed by atoms with van der Waals surface area (Å²) in [6.45, 7) is -0.434. The van der Waals surface area contributed by atoms with Crippen LogP contribution in [0.4, 0.5) is 9.39 Å². The highest BCUT2D eigenvalue weighted by molar-refractivity contribution is 7.17. The number of nitriles is 1. The molecule has 29 heavy (non-hydrogen) atoms. The number of nitrogens with zero attached hydrogens (tertiary/aromatic N) is 1. The van der Waals surface area contributed by atoms with Gasteiger partial charge in [0, 0.05) is 9.75 Å². The zero-order valence-electron chi connectivity index (χ0n) is 15.2. The number of nitrogens with one attached hydrogen (secondary N) is 1. The summed E-state index contributed by atoms with van der Waals surface area (Å²) in [5, 5.41) is 12.6. The minimum atomic E-state index is -0.604. The lowest BCUT2D eigenvalue weighted by molar-refractivity contribution is -0.119. The number of ether oxygens (including phenoxy) is 1. The number of halogens is 1. The van der Waals surface area contributed by atoms with Crippen molar-refractivity contribution in [1.82, 2.24) is 0 Å². The van der Waals surface area contributed by atoms with E-state index in [9.17, 15) is 19.2 Å². The number of benzene rings is 1. The van der Waals surface area contributed by atoms with Crippen LogP contribution in [0.3, 0.4) is 0 Å². The zero-order chi connectivity index (χ0) is 20.4. The molecule has 2 aromatic heterocycles. The fourth-order valence-electron chi connectivity index (χ4n) is 3.19. The summed E-state index contributed by atoms with van der Waals surface area (Å²) in [6, 6.07) is 11.5. The first kappa shape index (κ1) is 19.3. The number of amides is 1. The van der Waals surface area contributed by atoms with Crippen molar-refractivity contribution >= 4 is 39.6 Å². The Bertz CT molecular complexity index is 1130. The fourth-order valence-corrected chi connectivity index (χ4v) is 5.35. The van der Waals surface area contributed by atoms with Gasteiger partial charge in [-0.05, 0) is 54.7 Å². The second kappa shape index (κ2) is 8.15. The summed E-state index contributed by atoms with van der Waals surface area (Å²) in [5.41, 5.74) is 2.34. The number of carbonyl (C=O) groups excluding carboxylic acids is 2. The molecule has 0 radical (unpaired) electrons. The molecule has 1 aromatic carbocycles. The molecule has 0 saturated heterocycles. The standard InChI is InChI=1S/C21H15FN2O3S2/c22-13-6-4-12(5-7-13)16-8-9-18(28-16)21(26)27-11-19(25)24-20-15(10-23)14-2-1-3-17(14)29-20/h4-9H,1-3,11H2,(H,24,25). The van der Waals surface area contributed by atoms with Crippen LogP contribution >= 0.6 is 22.7 Å². The highest BCUT2D eigenvalue weighted by atomic mass is 32.1. The summed E-state index contributed by atoms with van der Waals surface area (Å²) in [4.78, 5) is 26.7. The zero-order valence-corrected chi connectivity index (χ0v) is 16.8. The third kappa shape index (κ3) is 4.06. The average molecular weight is 426 g/mol. The van der Waals surface area contributed by atoms with Crippen LogP contribution in [0.1, 0.15) is 32.1 Å². The molecule has 1 N–H and O–H groups in total. The Morgan fingerprint density at radius 1 is 1.14 bits per heavy atom. The number of carbonyl (C=O) groups is 2. The third-order valence-electron chi connectivity index (χ3n) is 4.56. The Hall–Kier alpha value is -3.02. The summed E-state index contributed by atoms with van der Waals surface area (Å²) in [5.74, 6) is -1.41. The minimum Gasteiger partial charge on any atom is -0.451 e. The topological polar surface area (TPSA) is 79.2 Å². The number of aryl methyl sites for hydroxylation is 1. The number of rotatable bonds is 5. The smallest absolute Gasteiger partial charge is 0.348 e. The van der Waals surface area contributed by atoms with E-state index in [1.807, 2.05) is 0 Å². The van der Waals surface area contributed by atoms with Crippen LogP contribution in [0.2, 0.25) is 0 Å². The van der Waals surface area contributed by atoms with Gasteiger partial charge in [0.05, 0.1) is 5.56 Å². The molecule has 8 heteroatoms. The van der Waals surface area contributed by atoms with Crippen molar-refractivity contribution in [2.24, 2.45) is 0 Å². The van der Waals surface area contributed by atoms with Gasteiger partial charge in [0.25, 0.3) is 5.91 Å². The van der Waals surface area contributed by atoms with Crippen molar-refractivity contribution in [3.05, 3.63) is 63.1 Å². The van der Waals surface area contributed by atoms with Crippen LogP contribution in [0.15, 0.2) is 36.4 Å². The van der Waals surface area contributed by atoms with E-state index < -0.39 is 18.5 Å². The van der Waals surface area contributed by atoms with Crippen molar-refractivity contribution in [2.45, 2.75) is 19.3 Å².